The zero-order valence-corrected chi connectivity index (χ0v) is 9.74. The Morgan fingerprint density at radius 3 is 3.00 bits per heavy atom. The molecule has 0 atom stereocenters. The molecule has 2 aromatic heterocycles. The third kappa shape index (κ3) is 1.79. The molecule has 3 rings (SSSR count). The van der Waals surface area contributed by atoms with E-state index in [9.17, 15) is 4.39 Å². The number of fused-ring (bicyclic) bond motifs is 1. The number of pyridine rings is 1. The molecule has 90 valence electrons. The quantitative estimate of drug-likeness (QED) is 0.725. The highest BCUT2D eigenvalue weighted by molar-refractivity contribution is 5.87. The molecule has 4 nitrogen and oxygen atoms in total. The van der Waals surface area contributed by atoms with Gasteiger partial charge in [-0.05, 0) is 42.8 Å². The molecule has 2 N–H and O–H groups in total. The Balaban J connectivity index is 1.98. The summed E-state index contributed by atoms with van der Waals surface area (Å²) < 4.78 is 13.2. The summed E-state index contributed by atoms with van der Waals surface area (Å²) in [5.74, 6) is 0.419. The van der Waals surface area contributed by atoms with Crippen LogP contribution in [0.5, 0.6) is 0 Å². The van der Waals surface area contributed by atoms with Crippen LogP contribution in [0.2, 0.25) is 0 Å². The van der Waals surface area contributed by atoms with E-state index in [0.717, 1.165) is 16.7 Å². The smallest absolute Gasteiger partial charge is 0.178 e. The van der Waals surface area contributed by atoms with Gasteiger partial charge >= 0.3 is 0 Å². The van der Waals surface area contributed by atoms with Crippen LogP contribution in [0.25, 0.3) is 11.0 Å². The van der Waals surface area contributed by atoms with Crippen molar-refractivity contribution in [2.45, 2.75) is 6.92 Å². The van der Waals surface area contributed by atoms with Gasteiger partial charge < -0.3 is 5.32 Å². The van der Waals surface area contributed by atoms with Crippen LogP contribution in [-0.4, -0.2) is 15.2 Å². The van der Waals surface area contributed by atoms with Crippen LogP contribution >= 0.6 is 0 Å². The van der Waals surface area contributed by atoms with Gasteiger partial charge in [0.15, 0.2) is 5.82 Å². The number of nitrogens with one attached hydrogen (secondary N) is 2. The number of anilines is 2. The van der Waals surface area contributed by atoms with E-state index >= 15 is 0 Å². The summed E-state index contributed by atoms with van der Waals surface area (Å²) in [6, 6.07) is 8.58. The molecule has 0 saturated carbocycles. The summed E-state index contributed by atoms with van der Waals surface area (Å²) in [6.07, 6.45) is 1.71. The third-order valence-electron chi connectivity index (χ3n) is 2.74. The van der Waals surface area contributed by atoms with Crippen LogP contribution in [0, 0.1) is 12.7 Å². The largest absolute Gasteiger partial charge is 0.337 e. The molecule has 0 spiro atoms. The van der Waals surface area contributed by atoms with E-state index in [1.54, 1.807) is 25.3 Å². The Labute approximate surface area is 103 Å². The SMILES string of the molecule is Cc1cc(Nc2n[nH]c3cccnc23)ccc1F. The number of halogens is 1. The average Bonchev–Trinajstić information content (AvgIpc) is 2.78. The summed E-state index contributed by atoms with van der Waals surface area (Å²) in [6.45, 7) is 1.72. The molecule has 0 aliphatic heterocycles. The second-order valence-electron chi connectivity index (χ2n) is 4.06. The first-order chi connectivity index (χ1) is 8.74. The van der Waals surface area contributed by atoms with Crippen molar-refractivity contribution < 1.29 is 4.39 Å². The fourth-order valence-corrected chi connectivity index (χ4v) is 1.80. The standard InChI is InChI=1S/C13H11FN4/c1-8-7-9(4-5-10(8)14)16-13-12-11(17-18-13)3-2-6-15-12/h2-7H,1H3,(H2,16,17,18). The van der Waals surface area contributed by atoms with Crippen molar-refractivity contribution in [2.75, 3.05) is 5.32 Å². The van der Waals surface area contributed by atoms with Crippen LogP contribution in [0.3, 0.4) is 0 Å². The lowest BCUT2D eigenvalue weighted by atomic mass is 10.2. The zero-order valence-electron chi connectivity index (χ0n) is 9.74. The summed E-state index contributed by atoms with van der Waals surface area (Å²) in [4.78, 5) is 4.25. The maximum Gasteiger partial charge on any atom is 0.178 e. The van der Waals surface area contributed by atoms with Gasteiger partial charge in [0, 0.05) is 11.9 Å². The predicted octanol–water partition coefficient (Wildman–Crippen LogP) is 3.15. The molecule has 0 aliphatic carbocycles. The van der Waals surface area contributed by atoms with E-state index in [0.29, 0.717) is 11.4 Å². The minimum absolute atomic E-state index is 0.217. The monoisotopic (exact) mass is 242 g/mol. The summed E-state index contributed by atoms with van der Waals surface area (Å²) >= 11 is 0. The Morgan fingerprint density at radius 1 is 1.28 bits per heavy atom. The van der Waals surface area contributed by atoms with Crippen molar-refractivity contribution in [1.82, 2.24) is 15.2 Å². The summed E-state index contributed by atoms with van der Waals surface area (Å²) in [7, 11) is 0. The van der Waals surface area contributed by atoms with Gasteiger partial charge in [-0.15, -0.1) is 0 Å². The number of aryl methyl sites for hydroxylation is 1. The average molecular weight is 242 g/mol. The van der Waals surface area contributed by atoms with Crippen molar-refractivity contribution in [3.8, 4) is 0 Å². The molecule has 0 unspecified atom stereocenters. The maximum atomic E-state index is 13.2. The molecule has 0 amide bonds. The predicted molar refractivity (Wildman–Crippen MR) is 68.3 cm³/mol. The van der Waals surface area contributed by atoms with Gasteiger partial charge in [0.05, 0.1) is 5.52 Å². The Bertz CT molecular complexity index is 705. The van der Waals surface area contributed by atoms with Crippen LogP contribution in [0.4, 0.5) is 15.9 Å². The second kappa shape index (κ2) is 4.10. The van der Waals surface area contributed by atoms with Gasteiger partial charge in [-0.2, -0.15) is 5.10 Å². The van der Waals surface area contributed by atoms with Crippen LogP contribution in [0.1, 0.15) is 5.56 Å². The van der Waals surface area contributed by atoms with Crippen LogP contribution < -0.4 is 5.32 Å². The molecule has 5 heteroatoms. The van der Waals surface area contributed by atoms with Gasteiger partial charge in [-0.1, -0.05) is 0 Å². The number of nitrogens with zero attached hydrogens (tertiary/aromatic N) is 2. The number of aromatic amines is 1. The maximum absolute atomic E-state index is 13.2. The van der Waals surface area contributed by atoms with Gasteiger partial charge in [-0.3, -0.25) is 10.1 Å². The van der Waals surface area contributed by atoms with E-state index in [1.165, 1.54) is 6.07 Å². The molecule has 0 fully saturated rings. The van der Waals surface area contributed by atoms with E-state index in [1.807, 2.05) is 12.1 Å². The first-order valence-corrected chi connectivity index (χ1v) is 5.56. The molecular weight excluding hydrogens is 231 g/mol. The lowest BCUT2D eigenvalue weighted by molar-refractivity contribution is 0.619. The topological polar surface area (TPSA) is 53.6 Å². The van der Waals surface area contributed by atoms with Crippen LogP contribution in [0.15, 0.2) is 36.5 Å². The molecule has 0 saturated heterocycles. The third-order valence-corrected chi connectivity index (χ3v) is 2.74. The Kier molecular flexibility index (Phi) is 2.44. The number of benzene rings is 1. The fraction of sp³-hybridized carbons (Fsp3) is 0.0769. The number of hydrogen-bond donors (Lipinski definition) is 2. The normalized spacial score (nSPS) is 10.8. The van der Waals surface area contributed by atoms with Gasteiger partial charge in [0.25, 0.3) is 0 Å². The number of H-pyrrole nitrogens is 1. The van der Waals surface area contributed by atoms with Crippen molar-refractivity contribution in [1.29, 1.82) is 0 Å². The Morgan fingerprint density at radius 2 is 2.17 bits per heavy atom. The molecule has 1 aromatic carbocycles. The lowest BCUT2D eigenvalue weighted by Gasteiger charge is -2.04. The second-order valence-corrected chi connectivity index (χ2v) is 4.06. The highest BCUT2D eigenvalue weighted by Gasteiger charge is 2.07. The molecule has 2 heterocycles. The minimum atomic E-state index is -0.217. The van der Waals surface area contributed by atoms with Gasteiger partial charge in [0.1, 0.15) is 11.3 Å². The van der Waals surface area contributed by atoms with E-state index in [-0.39, 0.29) is 5.82 Å². The van der Waals surface area contributed by atoms with Crippen molar-refractivity contribution in [2.24, 2.45) is 0 Å². The number of hydrogen-bond acceptors (Lipinski definition) is 3. The lowest BCUT2D eigenvalue weighted by Crippen LogP contribution is -1.93. The van der Waals surface area contributed by atoms with Gasteiger partial charge in [-0.25, -0.2) is 4.39 Å². The first kappa shape index (κ1) is 10.7. The van der Waals surface area contributed by atoms with Gasteiger partial charge in [0.2, 0.25) is 0 Å². The van der Waals surface area contributed by atoms with Crippen molar-refractivity contribution in [3.05, 3.63) is 47.9 Å². The van der Waals surface area contributed by atoms with Crippen molar-refractivity contribution >= 4 is 22.5 Å². The molecule has 0 bridgehead atoms. The molecule has 0 radical (unpaired) electrons. The molecule has 18 heavy (non-hydrogen) atoms. The number of rotatable bonds is 2. The molecule has 0 aliphatic rings. The summed E-state index contributed by atoms with van der Waals surface area (Å²) in [5.41, 5.74) is 3.00. The highest BCUT2D eigenvalue weighted by Crippen LogP contribution is 2.22. The molecule has 3 aromatic rings. The highest BCUT2D eigenvalue weighted by atomic mass is 19.1. The number of aromatic nitrogens is 3. The van der Waals surface area contributed by atoms with E-state index in [4.69, 9.17) is 0 Å². The first-order valence-electron chi connectivity index (χ1n) is 5.56. The van der Waals surface area contributed by atoms with Crippen molar-refractivity contribution in [3.63, 3.8) is 0 Å². The summed E-state index contributed by atoms with van der Waals surface area (Å²) in [5, 5.41) is 10.2. The fourth-order valence-electron chi connectivity index (χ4n) is 1.80. The Hall–Kier alpha value is -2.43. The van der Waals surface area contributed by atoms with E-state index in [2.05, 4.69) is 20.5 Å². The molecular formula is C13H11FN4. The van der Waals surface area contributed by atoms with Crippen LogP contribution in [-0.2, 0) is 0 Å². The minimum Gasteiger partial charge on any atom is -0.337 e. The zero-order chi connectivity index (χ0) is 12.5. The van der Waals surface area contributed by atoms with E-state index < -0.39 is 0 Å².